The second-order valence-electron chi connectivity index (χ2n) is 8.22. The summed E-state index contributed by atoms with van der Waals surface area (Å²) >= 11 is 0. The first-order chi connectivity index (χ1) is 12.7. The normalized spacial score (nSPS) is 25.1. The van der Waals surface area contributed by atoms with E-state index < -0.39 is 5.41 Å². The van der Waals surface area contributed by atoms with Crippen LogP contribution in [0.5, 0.6) is 5.75 Å². The summed E-state index contributed by atoms with van der Waals surface area (Å²) in [4.78, 5) is 13.3. The van der Waals surface area contributed by atoms with Gasteiger partial charge < -0.3 is 20.1 Å². The van der Waals surface area contributed by atoms with Crippen LogP contribution in [0.25, 0.3) is 0 Å². The van der Waals surface area contributed by atoms with E-state index in [1.165, 1.54) is 12.8 Å². The third-order valence-electron chi connectivity index (χ3n) is 6.48. The molecule has 3 aliphatic rings. The Hall–Kier alpha value is -1.30. The summed E-state index contributed by atoms with van der Waals surface area (Å²) < 4.78 is 11.9. The number of ether oxygens (including phenoxy) is 2. The first-order valence-electron chi connectivity index (χ1n) is 9.95. The van der Waals surface area contributed by atoms with E-state index in [2.05, 4.69) is 16.7 Å². The van der Waals surface area contributed by atoms with E-state index in [-0.39, 0.29) is 30.0 Å². The van der Waals surface area contributed by atoms with E-state index >= 15 is 0 Å². The molecular weight excluding hydrogens is 364 g/mol. The molecule has 150 valence electrons. The van der Waals surface area contributed by atoms with Gasteiger partial charge in [-0.05, 0) is 57.7 Å². The van der Waals surface area contributed by atoms with Crippen LogP contribution in [0.2, 0.25) is 0 Å². The smallest absolute Gasteiger partial charge is 0.229 e. The molecule has 1 saturated heterocycles. The highest BCUT2D eigenvalue weighted by atomic mass is 35.5. The molecule has 0 radical (unpaired) electrons. The molecule has 2 heterocycles. The quantitative estimate of drug-likeness (QED) is 0.821. The van der Waals surface area contributed by atoms with Crippen molar-refractivity contribution in [2.75, 3.05) is 26.8 Å². The van der Waals surface area contributed by atoms with E-state index in [1.54, 1.807) is 7.11 Å². The molecule has 1 unspecified atom stereocenters. The van der Waals surface area contributed by atoms with Crippen LogP contribution in [0.4, 0.5) is 0 Å². The van der Waals surface area contributed by atoms with Crippen LogP contribution in [-0.2, 0) is 9.53 Å². The van der Waals surface area contributed by atoms with Gasteiger partial charge in [0.1, 0.15) is 11.4 Å². The van der Waals surface area contributed by atoms with Gasteiger partial charge >= 0.3 is 0 Å². The molecule has 27 heavy (non-hydrogen) atoms. The maximum absolute atomic E-state index is 13.3. The van der Waals surface area contributed by atoms with Gasteiger partial charge in [0.25, 0.3) is 0 Å². The summed E-state index contributed by atoms with van der Waals surface area (Å²) in [6, 6.07) is 8.21. The predicted molar refractivity (Wildman–Crippen MR) is 107 cm³/mol. The van der Waals surface area contributed by atoms with Crippen LogP contribution < -0.4 is 15.4 Å². The van der Waals surface area contributed by atoms with Crippen LogP contribution in [-0.4, -0.2) is 38.3 Å². The Kier molecular flexibility index (Phi) is 6.34. The zero-order chi connectivity index (χ0) is 18.0. The van der Waals surface area contributed by atoms with Crippen molar-refractivity contribution < 1.29 is 14.3 Å². The van der Waals surface area contributed by atoms with Crippen molar-refractivity contribution in [3.8, 4) is 5.75 Å². The molecule has 1 aromatic carbocycles. The Morgan fingerprint density at radius 2 is 1.93 bits per heavy atom. The Balaban J connectivity index is 0.00000210. The molecule has 0 aromatic heterocycles. The lowest BCUT2D eigenvalue weighted by atomic mass is 9.77. The average Bonchev–Trinajstić information content (AvgIpc) is 3.10. The van der Waals surface area contributed by atoms with Gasteiger partial charge in [-0.25, -0.2) is 0 Å². The van der Waals surface area contributed by atoms with Crippen molar-refractivity contribution in [3.63, 3.8) is 0 Å². The molecule has 6 heteroatoms. The maximum atomic E-state index is 13.3. The van der Waals surface area contributed by atoms with Gasteiger partial charge in [-0.3, -0.25) is 4.79 Å². The van der Waals surface area contributed by atoms with E-state index in [0.717, 1.165) is 56.5 Å². The van der Waals surface area contributed by atoms with E-state index in [4.69, 9.17) is 9.47 Å². The SMILES string of the molecule is COCC1(C(=O)NC2CC3(CCCC3)Oc3ccccc32)CCNCC1.Cl. The zero-order valence-electron chi connectivity index (χ0n) is 16.1. The first-order valence-corrected chi connectivity index (χ1v) is 9.95. The number of methoxy groups -OCH3 is 1. The first kappa shape index (κ1) is 20.4. The molecular formula is C21H31ClN2O3. The van der Waals surface area contributed by atoms with Crippen LogP contribution in [0, 0.1) is 5.41 Å². The number of benzene rings is 1. The van der Waals surface area contributed by atoms with Gasteiger partial charge in [-0.1, -0.05) is 18.2 Å². The van der Waals surface area contributed by atoms with Crippen molar-refractivity contribution in [2.45, 2.75) is 56.6 Å². The fraction of sp³-hybridized carbons (Fsp3) is 0.667. The standard InChI is InChI=1S/C21H30N2O3.ClH/c1-25-15-20(10-12-22-13-11-20)19(24)23-17-14-21(8-4-5-9-21)26-18-7-3-2-6-16(17)18;/h2-3,6-7,17,22H,4-5,8-15H2,1H3,(H,23,24);1H. The van der Waals surface area contributed by atoms with Crippen molar-refractivity contribution in [2.24, 2.45) is 5.41 Å². The third kappa shape index (κ3) is 3.96. The van der Waals surface area contributed by atoms with Gasteiger partial charge in [-0.15, -0.1) is 12.4 Å². The highest BCUT2D eigenvalue weighted by molar-refractivity contribution is 5.85. The molecule has 2 N–H and O–H groups in total. The second-order valence-corrected chi connectivity index (χ2v) is 8.22. The zero-order valence-corrected chi connectivity index (χ0v) is 16.9. The van der Waals surface area contributed by atoms with Crippen LogP contribution in [0.1, 0.15) is 56.6 Å². The lowest BCUT2D eigenvalue weighted by molar-refractivity contribution is -0.137. The van der Waals surface area contributed by atoms with Crippen molar-refractivity contribution >= 4 is 18.3 Å². The fourth-order valence-corrected chi connectivity index (χ4v) is 5.00. The van der Waals surface area contributed by atoms with Crippen LogP contribution in [0.15, 0.2) is 24.3 Å². The van der Waals surface area contributed by atoms with Gasteiger partial charge in [0.15, 0.2) is 0 Å². The molecule has 1 atom stereocenters. The monoisotopic (exact) mass is 394 g/mol. The minimum absolute atomic E-state index is 0. The number of amides is 1. The minimum atomic E-state index is -0.421. The number of piperidine rings is 1. The van der Waals surface area contributed by atoms with Crippen molar-refractivity contribution in [3.05, 3.63) is 29.8 Å². The molecule has 1 aromatic rings. The van der Waals surface area contributed by atoms with Crippen LogP contribution >= 0.6 is 12.4 Å². The summed E-state index contributed by atoms with van der Waals surface area (Å²) in [5.41, 5.74) is 0.588. The Labute approximate surface area is 168 Å². The largest absolute Gasteiger partial charge is 0.487 e. The highest BCUT2D eigenvalue weighted by Crippen LogP contribution is 2.47. The number of rotatable bonds is 4. The topological polar surface area (TPSA) is 59.6 Å². The molecule has 2 aliphatic heterocycles. The third-order valence-corrected chi connectivity index (χ3v) is 6.48. The molecule has 1 amide bonds. The molecule has 1 saturated carbocycles. The number of fused-ring (bicyclic) bond motifs is 1. The Bertz CT molecular complexity index is 649. The predicted octanol–water partition coefficient (Wildman–Crippen LogP) is 3.38. The van der Waals surface area contributed by atoms with Gasteiger partial charge in [0.05, 0.1) is 18.1 Å². The molecule has 0 bridgehead atoms. The van der Waals surface area contributed by atoms with E-state index in [9.17, 15) is 4.79 Å². The lowest BCUT2D eigenvalue weighted by Crippen LogP contribution is -2.52. The Morgan fingerprint density at radius 3 is 2.63 bits per heavy atom. The molecule has 2 fully saturated rings. The summed E-state index contributed by atoms with van der Waals surface area (Å²) in [6.07, 6.45) is 7.11. The number of para-hydroxylation sites is 1. The van der Waals surface area contributed by atoms with E-state index in [0.29, 0.717) is 6.61 Å². The second kappa shape index (κ2) is 8.38. The van der Waals surface area contributed by atoms with Crippen LogP contribution in [0.3, 0.4) is 0 Å². The molecule has 5 nitrogen and oxygen atoms in total. The lowest BCUT2D eigenvalue weighted by Gasteiger charge is -2.42. The number of nitrogens with one attached hydrogen (secondary N) is 2. The Morgan fingerprint density at radius 1 is 1.22 bits per heavy atom. The molecule has 1 aliphatic carbocycles. The molecule has 4 rings (SSSR count). The summed E-state index contributed by atoms with van der Waals surface area (Å²) in [5.74, 6) is 1.08. The fourth-order valence-electron chi connectivity index (χ4n) is 5.00. The molecule has 1 spiro atoms. The number of hydrogen-bond donors (Lipinski definition) is 2. The summed E-state index contributed by atoms with van der Waals surface area (Å²) in [5, 5.41) is 6.75. The number of halogens is 1. The van der Waals surface area contributed by atoms with Gasteiger partial charge in [-0.2, -0.15) is 0 Å². The van der Waals surface area contributed by atoms with Gasteiger partial charge in [0, 0.05) is 19.1 Å². The van der Waals surface area contributed by atoms with Crippen molar-refractivity contribution in [1.29, 1.82) is 0 Å². The average molecular weight is 395 g/mol. The number of carbonyl (C=O) groups is 1. The number of carbonyl (C=O) groups excluding carboxylic acids is 1. The maximum Gasteiger partial charge on any atom is 0.229 e. The minimum Gasteiger partial charge on any atom is -0.487 e. The van der Waals surface area contributed by atoms with E-state index in [1.807, 2.05) is 18.2 Å². The summed E-state index contributed by atoms with van der Waals surface area (Å²) in [6.45, 7) is 2.21. The van der Waals surface area contributed by atoms with Gasteiger partial charge in [0.2, 0.25) is 5.91 Å². The number of hydrogen-bond acceptors (Lipinski definition) is 4. The van der Waals surface area contributed by atoms with Crippen molar-refractivity contribution in [1.82, 2.24) is 10.6 Å². The highest BCUT2D eigenvalue weighted by Gasteiger charge is 2.46. The summed E-state index contributed by atoms with van der Waals surface area (Å²) in [7, 11) is 1.69.